The van der Waals surface area contributed by atoms with Gasteiger partial charge in [0.2, 0.25) is 0 Å². The van der Waals surface area contributed by atoms with Crippen LogP contribution in [0.2, 0.25) is 0 Å². The Morgan fingerprint density at radius 3 is 2.59 bits per heavy atom. The lowest BCUT2D eigenvalue weighted by Crippen LogP contribution is -2.56. The van der Waals surface area contributed by atoms with E-state index in [1.165, 1.54) is 5.48 Å². The number of aromatic nitrogens is 1. The van der Waals surface area contributed by atoms with Gasteiger partial charge < -0.3 is 15.2 Å². The smallest absolute Gasteiger partial charge is 0.408 e. The van der Waals surface area contributed by atoms with Crippen LogP contribution in [-0.2, 0) is 20.7 Å². The second kappa shape index (κ2) is 9.86. The molecule has 0 spiro atoms. The van der Waals surface area contributed by atoms with E-state index in [0.717, 1.165) is 15.8 Å². The number of fused-ring (bicyclic) bond motifs is 1. The van der Waals surface area contributed by atoms with Crippen LogP contribution in [-0.4, -0.2) is 62.9 Å². The van der Waals surface area contributed by atoms with E-state index in [9.17, 15) is 19.5 Å². The van der Waals surface area contributed by atoms with Crippen molar-refractivity contribution in [2.75, 3.05) is 18.5 Å². The fourth-order valence-electron chi connectivity index (χ4n) is 4.37. The highest BCUT2D eigenvalue weighted by Crippen LogP contribution is 2.36. The summed E-state index contributed by atoms with van der Waals surface area (Å²) in [4.78, 5) is 43.0. The highest BCUT2D eigenvalue weighted by molar-refractivity contribution is 6.05. The maximum atomic E-state index is 13.8. The van der Waals surface area contributed by atoms with Crippen LogP contribution in [0.15, 0.2) is 66.9 Å². The average Bonchev–Trinajstić information content (AvgIpc) is 3.23. The molecule has 0 unspecified atom stereocenters. The van der Waals surface area contributed by atoms with E-state index in [1.807, 2.05) is 42.5 Å². The fourth-order valence-corrected chi connectivity index (χ4v) is 4.37. The lowest BCUT2D eigenvalue weighted by atomic mass is 9.86. The zero-order chi connectivity index (χ0) is 24.1. The van der Waals surface area contributed by atoms with Crippen LogP contribution >= 0.6 is 0 Å². The minimum atomic E-state index is -1.50. The predicted molar refractivity (Wildman–Crippen MR) is 122 cm³/mol. The van der Waals surface area contributed by atoms with Crippen molar-refractivity contribution in [3.63, 3.8) is 0 Å². The lowest BCUT2D eigenvalue weighted by Gasteiger charge is -2.35. The number of hydrogen-bond acceptors (Lipinski definition) is 6. The number of anilines is 1. The maximum Gasteiger partial charge on any atom is 0.408 e. The molecule has 0 radical (unpaired) electrons. The molecule has 0 bridgehead atoms. The number of rotatable bonds is 7. The number of benzene rings is 2. The molecule has 176 valence electrons. The van der Waals surface area contributed by atoms with E-state index >= 15 is 0 Å². The molecule has 4 N–H and O–H groups in total. The summed E-state index contributed by atoms with van der Waals surface area (Å²) in [6.07, 6.45) is -0.256. The Balaban J connectivity index is 1.70. The van der Waals surface area contributed by atoms with Gasteiger partial charge in [0, 0.05) is 24.4 Å². The molecule has 34 heavy (non-hydrogen) atoms. The van der Waals surface area contributed by atoms with Gasteiger partial charge in [-0.25, -0.2) is 10.3 Å². The predicted octanol–water partition coefficient (Wildman–Crippen LogP) is 2.43. The Morgan fingerprint density at radius 1 is 1.09 bits per heavy atom. The van der Waals surface area contributed by atoms with Crippen molar-refractivity contribution in [1.29, 1.82) is 0 Å². The number of ether oxygens (including phenoxy) is 1. The Bertz CT molecular complexity index is 1200. The molecular weight excluding hydrogens is 440 g/mol. The number of carbonyl (C=O) groups is 3. The van der Waals surface area contributed by atoms with Gasteiger partial charge >= 0.3 is 6.09 Å². The average molecular weight is 464 g/mol. The third-order valence-corrected chi connectivity index (χ3v) is 5.92. The van der Waals surface area contributed by atoms with Crippen molar-refractivity contribution in [3.05, 3.63) is 72.4 Å². The molecule has 1 fully saturated rings. The number of carboxylic acid groups (broad SMARTS) is 1. The summed E-state index contributed by atoms with van der Waals surface area (Å²) in [6.45, 7) is -0.576. The first-order valence-corrected chi connectivity index (χ1v) is 10.7. The van der Waals surface area contributed by atoms with Gasteiger partial charge in [0.15, 0.2) is 0 Å². The van der Waals surface area contributed by atoms with Crippen molar-refractivity contribution in [1.82, 2.24) is 15.4 Å². The fraction of sp³-hybridized carbons (Fsp3) is 0.250. The number of pyridine rings is 1. The first-order chi connectivity index (χ1) is 16.4. The molecule has 4 rings (SSSR count). The van der Waals surface area contributed by atoms with E-state index in [0.29, 0.717) is 11.2 Å². The van der Waals surface area contributed by atoms with E-state index < -0.39 is 36.2 Å². The van der Waals surface area contributed by atoms with Crippen LogP contribution in [0, 0.1) is 0 Å². The van der Waals surface area contributed by atoms with Gasteiger partial charge in [-0.05, 0) is 17.7 Å². The largest absolute Gasteiger partial charge is 0.465 e. The highest BCUT2D eigenvalue weighted by atomic mass is 16.5. The van der Waals surface area contributed by atoms with Crippen molar-refractivity contribution in [3.8, 4) is 0 Å². The van der Waals surface area contributed by atoms with Crippen LogP contribution in [0.3, 0.4) is 0 Å². The Hall–Kier alpha value is -4.02. The maximum absolute atomic E-state index is 13.8. The number of hydroxylamine groups is 1. The van der Waals surface area contributed by atoms with Crippen LogP contribution in [0.1, 0.15) is 12.0 Å². The number of likely N-dealkylation sites (tertiary alicyclic amines) is 1. The number of hydrogen-bond donors (Lipinski definition) is 4. The molecule has 2 aromatic carbocycles. The van der Waals surface area contributed by atoms with Crippen molar-refractivity contribution in [2.45, 2.75) is 24.5 Å². The highest BCUT2D eigenvalue weighted by Gasteiger charge is 2.54. The summed E-state index contributed by atoms with van der Waals surface area (Å²) >= 11 is 0. The van der Waals surface area contributed by atoms with Crippen molar-refractivity contribution in [2.24, 2.45) is 0 Å². The zero-order valence-electron chi connectivity index (χ0n) is 18.2. The van der Waals surface area contributed by atoms with Crippen molar-refractivity contribution < 1.29 is 29.4 Å². The quantitative estimate of drug-likeness (QED) is 0.311. The second-order valence-corrected chi connectivity index (χ2v) is 8.09. The Morgan fingerprint density at radius 2 is 1.85 bits per heavy atom. The normalized spacial score (nSPS) is 19.7. The minimum Gasteiger partial charge on any atom is -0.465 e. The van der Waals surface area contributed by atoms with Gasteiger partial charge in [-0.1, -0.05) is 48.5 Å². The summed E-state index contributed by atoms with van der Waals surface area (Å²) < 4.78 is 5.53. The molecule has 2 heterocycles. The molecule has 3 amide bonds. The monoisotopic (exact) mass is 464 g/mol. The standard InChI is InChI=1S/C24H24N4O6/c29-20(27-33)15-34-18-13-24(28(14-18)23(31)32,12-16-6-2-1-3-7-16)22(30)26-19-10-4-8-17-9-5-11-25-21(17)19/h1-11,18,33H,12-15H2,(H,26,30)(H,27,29)(H,31,32)/t18-,24+/m1/s1. The van der Waals surface area contributed by atoms with E-state index in [4.69, 9.17) is 9.94 Å². The van der Waals surface area contributed by atoms with E-state index in [1.54, 1.807) is 24.4 Å². The number of amides is 3. The number of para-hydroxylation sites is 1. The van der Waals surface area contributed by atoms with Gasteiger partial charge in [0.25, 0.3) is 11.8 Å². The molecule has 0 saturated carbocycles. The van der Waals surface area contributed by atoms with Crippen molar-refractivity contribution >= 4 is 34.5 Å². The zero-order valence-corrected chi connectivity index (χ0v) is 18.2. The summed E-state index contributed by atoms with van der Waals surface area (Å²) in [6, 6.07) is 18.1. The van der Waals surface area contributed by atoms with E-state index in [2.05, 4.69) is 10.3 Å². The Labute approximate surface area is 195 Å². The molecule has 1 saturated heterocycles. The first kappa shape index (κ1) is 23.1. The van der Waals surface area contributed by atoms with Gasteiger partial charge in [0.1, 0.15) is 12.1 Å². The molecule has 1 aliphatic rings. The number of nitrogens with zero attached hydrogens (tertiary/aromatic N) is 2. The van der Waals surface area contributed by atoms with E-state index in [-0.39, 0.29) is 19.4 Å². The lowest BCUT2D eigenvalue weighted by molar-refractivity contribution is -0.135. The molecule has 3 aromatic rings. The Kier molecular flexibility index (Phi) is 6.71. The molecule has 1 aliphatic heterocycles. The summed E-state index contributed by atoms with van der Waals surface area (Å²) in [5.74, 6) is -1.29. The molecule has 10 heteroatoms. The van der Waals surface area contributed by atoms with Gasteiger partial charge in [-0.3, -0.25) is 24.7 Å². The number of carbonyl (C=O) groups excluding carboxylic acids is 2. The molecule has 2 atom stereocenters. The minimum absolute atomic E-state index is 0.0247. The molecular formula is C24H24N4O6. The molecule has 1 aromatic heterocycles. The van der Waals surface area contributed by atoms with Gasteiger partial charge in [-0.2, -0.15) is 0 Å². The SMILES string of the molecule is O=C(CO[C@H]1CN(C(=O)O)[C@](Cc2ccccc2)(C(=O)Nc2cccc3cccnc23)C1)NO. The molecule has 10 nitrogen and oxygen atoms in total. The summed E-state index contributed by atoms with van der Waals surface area (Å²) in [7, 11) is 0. The van der Waals surface area contributed by atoms with Crippen LogP contribution in [0.5, 0.6) is 0 Å². The summed E-state index contributed by atoms with van der Waals surface area (Å²) in [5.41, 5.74) is 1.80. The van der Waals surface area contributed by atoms with Crippen LogP contribution in [0.4, 0.5) is 10.5 Å². The second-order valence-electron chi connectivity index (χ2n) is 8.09. The summed E-state index contributed by atoms with van der Waals surface area (Å²) in [5, 5.41) is 22.5. The van der Waals surface area contributed by atoms with Crippen LogP contribution < -0.4 is 10.8 Å². The van der Waals surface area contributed by atoms with Crippen LogP contribution in [0.25, 0.3) is 10.9 Å². The molecule has 0 aliphatic carbocycles. The number of nitrogens with one attached hydrogen (secondary N) is 2. The van der Waals surface area contributed by atoms with Gasteiger partial charge in [-0.15, -0.1) is 0 Å². The van der Waals surface area contributed by atoms with Gasteiger partial charge in [0.05, 0.1) is 23.9 Å². The third-order valence-electron chi connectivity index (χ3n) is 5.92. The topological polar surface area (TPSA) is 141 Å². The first-order valence-electron chi connectivity index (χ1n) is 10.7. The third kappa shape index (κ3) is 4.68.